The highest BCUT2D eigenvalue weighted by Gasteiger charge is 2.30. The number of hydrogen-bond donors (Lipinski definition) is 2. The number of rotatable bonds is 6. The molecule has 0 radical (unpaired) electrons. The Balaban J connectivity index is 1.57. The molecule has 132 valence electrons. The topological polar surface area (TPSA) is 115 Å². The van der Waals surface area contributed by atoms with Crippen LogP contribution < -0.4 is 10.1 Å². The molecule has 3 rings (SSSR count). The summed E-state index contributed by atoms with van der Waals surface area (Å²) in [6, 6.07) is 6.66. The normalized spacial score (nSPS) is 19.6. The van der Waals surface area contributed by atoms with Crippen molar-refractivity contribution < 1.29 is 24.0 Å². The van der Waals surface area contributed by atoms with Gasteiger partial charge >= 0.3 is 5.97 Å². The number of benzene rings is 1. The summed E-state index contributed by atoms with van der Waals surface area (Å²) in [7, 11) is 0. The van der Waals surface area contributed by atoms with Gasteiger partial charge in [0.1, 0.15) is 5.75 Å². The predicted octanol–water partition coefficient (Wildman–Crippen LogP) is 1.94. The van der Waals surface area contributed by atoms with Crippen molar-refractivity contribution in [3.8, 4) is 5.75 Å². The second-order valence-corrected chi connectivity index (χ2v) is 6.06. The van der Waals surface area contributed by atoms with E-state index in [1.54, 1.807) is 31.2 Å². The number of aryl methyl sites for hydroxylation is 1. The van der Waals surface area contributed by atoms with E-state index in [1.165, 1.54) is 0 Å². The Kier molecular flexibility index (Phi) is 4.97. The summed E-state index contributed by atoms with van der Waals surface area (Å²) in [4.78, 5) is 27.4. The van der Waals surface area contributed by atoms with Crippen molar-refractivity contribution in [1.29, 1.82) is 0 Å². The summed E-state index contributed by atoms with van der Waals surface area (Å²) in [6.07, 6.45) is 1.73. The molecule has 1 heterocycles. The maximum Gasteiger partial charge on any atom is 0.306 e. The summed E-state index contributed by atoms with van der Waals surface area (Å²) in [6.45, 7) is 1.84. The van der Waals surface area contributed by atoms with E-state index < -0.39 is 5.97 Å². The molecule has 2 N–H and O–H groups in total. The average Bonchev–Trinajstić information content (AvgIpc) is 3.22. The quantitative estimate of drug-likeness (QED) is 0.822. The van der Waals surface area contributed by atoms with Gasteiger partial charge in [0.2, 0.25) is 11.7 Å². The highest BCUT2D eigenvalue weighted by atomic mass is 16.5. The van der Waals surface area contributed by atoms with Gasteiger partial charge in [0.25, 0.3) is 5.91 Å². The number of carboxylic acid groups (broad SMARTS) is 1. The molecule has 0 unspecified atom stereocenters. The number of nitrogens with one attached hydrogen (secondary N) is 1. The van der Waals surface area contributed by atoms with Gasteiger partial charge in [-0.1, -0.05) is 11.2 Å². The first-order chi connectivity index (χ1) is 12.0. The third-order valence-electron chi connectivity index (χ3n) is 4.15. The largest absolute Gasteiger partial charge is 0.485 e. The minimum atomic E-state index is -0.802. The zero-order chi connectivity index (χ0) is 17.8. The molecule has 1 aromatic heterocycles. The molecule has 2 aromatic rings. The number of carboxylic acids is 1. The van der Waals surface area contributed by atoms with Crippen molar-refractivity contribution in [2.24, 2.45) is 5.92 Å². The molecule has 0 aliphatic heterocycles. The van der Waals surface area contributed by atoms with Gasteiger partial charge in [-0.05, 0) is 37.5 Å². The second-order valence-electron chi connectivity index (χ2n) is 6.06. The zero-order valence-electron chi connectivity index (χ0n) is 13.8. The van der Waals surface area contributed by atoms with Crippen LogP contribution in [0.4, 0.5) is 0 Å². The van der Waals surface area contributed by atoms with Crippen LogP contribution in [0, 0.1) is 12.8 Å². The Morgan fingerprint density at radius 2 is 2.24 bits per heavy atom. The van der Waals surface area contributed by atoms with Gasteiger partial charge in [-0.2, -0.15) is 4.98 Å². The zero-order valence-corrected chi connectivity index (χ0v) is 13.8. The van der Waals surface area contributed by atoms with Crippen LogP contribution in [0.2, 0.25) is 0 Å². The predicted molar refractivity (Wildman–Crippen MR) is 86.0 cm³/mol. The van der Waals surface area contributed by atoms with E-state index in [2.05, 4.69) is 15.5 Å². The lowest BCUT2D eigenvalue weighted by Crippen LogP contribution is -2.33. The summed E-state index contributed by atoms with van der Waals surface area (Å²) in [5.74, 6) is -0.00922. The molecule has 25 heavy (non-hydrogen) atoms. The van der Waals surface area contributed by atoms with E-state index in [1.807, 2.05) is 0 Å². The summed E-state index contributed by atoms with van der Waals surface area (Å²) in [5, 5.41) is 15.7. The Morgan fingerprint density at radius 1 is 1.40 bits per heavy atom. The first-order valence-electron chi connectivity index (χ1n) is 8.07. The van der Waals surface area contributed by atoms with E-state index >= 15 is 0 Å². The second kappa shape index (κ2) is 7.33. The van der Waals surface area contributed by atoms with Gasteiger partial charge in [0.15, 0.2) is 6.61 Å². The molecule has 1 aliphatic carbocycles. The molecular formula is C17H19N3O5. The SMILES string of the molecule is Cc1nc(COc2cccc(C(=O)N[C@@H]3CC[C@H](C(=O)O)C3)c2)no1. The molecule has 0 spiro atoms. The van der Waals surface area contributed by atoms with Crippen molar-refractivity contribution in [1.82, 2.24) is 15.5 Å². The van der Waals surface area contributed by atoms with Crippen LogP contribution in [0.15, 0.2) is 28.8 Å². The van der Waals surface area contributed by atoms with Crippen molar-refractivity contribution >= 4 is 11.9 Å². The van der Waals surface area contributed by atoms with Crippen LogP contribution in [0.5, 0.6) is 5.75 Å². The number of nitrogens with zero attached hydrogens (tertiary/aromatic N) is 2. The summed E-state index contributed by atoms with van der Waals surface area (Å²) < 4.78 is 10.4. The third kappa shape index (κ3) is 4.34. The van der Waals surface area contributed by atoms with Crippen LogP contribution in [0.3, 0.4) is 0 Å². The summed E-state index contributed by atoms with van der Waals surface area (Å²) in [5.41, 5.74) is 0.459. The number of hydrogen-bond acceptors (Lipinski definition) is 6. The Labute approximate surface area is 144 Å². The van der Waals surface area contributed by atoms with E-state index in [9.17, 15) is 9.59 Å². The van der Waals surface area contributed by atoms with Crippen molar-refractivity contribution in [3.63, 3.8) is 0 Å². The number of carbonyl (C=O) groups is 2. The van der Waals surface area contributed by atoms with Crippen LogP contribution >= 0.6 is 0 Å². The number of aliphatic carboxylic acids is 1. The molecule has 1 saturated carbocycles. The fraction of sp³-hybridized carbons (Fsp3) is 0.412. The number of aromatic nitrogens is 2. The molecule has 8 nitrogen and oxygen atoms in total. The monoisotopic (exact) mass is 345 g/mol. The van der Waals surface area contributed by atoms with Crippen LogP contribution in [0.25, 0.3) is 0 Å². The minimum Gasteiger partial charge on any atom is -0.485 e. The fourth-order valence-corrected chi connectivity index (χ4v) is 2.88. The average molecular weight is 345 g/mol. The standard InChI is InChI=1S/C17H19N3O5/c1-10-18-15(20-25-10)9-24-14-4-2-3-11(8-14)16(21)19-13-6-5-12(7-13)17(22)23/h2-4,8,12-13H,5-7,9H2,1H3,(H,19,21)(H,22,23)/t12-,13+/m0/s1. The lowest BCUT2D eigenvalue weighted by Gasteiger charge is -2.13. The van der Waals surface area contributed by atoms with E-state index in [0.29, 0.717) is 42.3 Å². The highest BCUT2D eigenvalue weighted by Crippen LogP contribution is 2.26. The number of ether oxygens (including phenoxy) is 1. The Bertz CT molecular complexity index is 773. The Hall–Kier alpha value is -2.90. The maximum absolute atomic E-state index is 12.4. The van der Waals surface area contributed by atoms with Gasteiger partial charge in [0, 0.05) is 18.5 Å². The molecule has 2 atom stereocenters. The van der Waals surface area contributed by atoms with Gasteiger partial charge in [-0.3, -0.25) is 9.59 Å². The van der Waals surface area contributed by atoms with Crippen LogP contribution in [-0.2, 0) is 11.4 Å². The van der Waals surface area contributed by atoms with Gasteiger partial charge < -0.3 is 19.7 Å². The van der Waals surface area contributed by atoms with Crippen LogP contribution in [-0.4, -0.2) is 33.2 Å². The fourth-order valence-electron chi connectivity index (χ4n) is 2.88. The van der Waals surface area contributed by atoms with E-state index in [-0.39, 0.29) is 24.5 Å². The van der Waals surface area contributed by atoms with Gasteiger partial charge in [-0.15, -0.1) is 0 Å². The smallest absolute Gasteiger partial charge is 0.306 e. The lowest BCUT2D eigenvalue weighted by atomic mass is 10.1. The number of amides is 1. The molecule has 8 heteroatoms. The van der Waals surface area contributed by atoms with Gasteiger partial charge in [0.05, 0.1) is 5.92 Å². The van der Waals surface area contributed by atoms with Crippen molar-refractivity contribution in [3.05, 3.63) is 41.5 Å². The third-order valence-corrected chi connectivity index (χ3v) is 4.15. The van der Waals surface area contributed by atoms with E-state index in [0.717, 1.165) is 0 Å². The van der Waals surface area contributed by atoms with Crippen molar-refractivity contribution in [2.75, 3.05) is 0 Å². The highest BCUT2D eigenvalue weighted by molar-refractivity contribution is 5.94. The van der Waals surface area contributed by atoms with Crippen LogP contribution in [0.1, 0.15) is 41.3 Å². The molecule has 1 aromatic carbocycles. The molecule has 1 fully saturated rings. The molecule has 1 amide bonds. The maximum atomic E-state index is 12.4. The molecule has 0 bridgehead atoms. The first kappa shape index (κ1) is 16.9. The molecular weight excluding hydrogens is 326 g/mol. The summed E-state index contributed by atoms with van der Waals surface area (Å²) >= 11 is 0. The van der Waals surface area contributed by atoms with Crippen molar-refractivity contribution in [2.45, 2.75) is 38.8 Å². The minimum absolute atomic E-state index is 0.111. The lowest BCUT2D eigenvalue weighted by molar-refractivity contribution is -0.141. The van der Waals surface area contributed by atoms with Gasteiger partial charge in [-0.25, -0.2) is 0 Å². The van der Waals surface area contributed by atoms with E-state index in [4.69, 9.17) is 14.4 Å². The first-order valence-corrected chi connectivity index (χ1v) is 8.07. The Morgan fingerprint density at radius 3 is 2.92 bits per heavy atom. The number of carbonyl (C=O) groups excluding carboxylic acids is 1. The molecule has 1 aliphatic rings. The molecule has 0 saturated heterocycles.